The Morgan fingerprint density at radius 2 is 1.19 bits per heavy atom. The van der Waals surface area contributed by atoms with Crippen molar-refractivity contribution in [3.05, 3.63) is 0 Å². The number of carbonyl (C=O) groups is 2. The summed E-state index contributed by atoms with van der Waals surface area (Å²) < 4.78 is 10.2. The molecule has 0 aliphatic heterocycles. The van der Waals surface area contributed by atoms with E-state index >= 15 is 0 Å². The molecule has 0 fully saturated rings. The summed E-state index contributed by atoms with van der Waals surface area (Å²) in [6.07, 6.45) is 3.83. The number of ether oxygens (including phenoxy) is 2. The van der Waals surface area contributed by atoms with Crippen LogP contribution in [0.2, 0.25) is 7.87 Å². The first-order chi connectivity index (χ1) is 9.02. The van der Waals surface area contributed by atoms with Gasteiger partial charge in [0, 0.05) is 0 Å². The van der Waals surface area contributed by atoms with Gasteiger partial charge >= 0.3 is 127 Å². The fourth-order valence-electron chi connectivity index (χ4n) is 1.40. The molecule has 0 amide bonds. The van der Waals surface area contributed by atoms with E-state index in [0.29, 0.717) is 13.2 Å². The van der Waals surface area contributed by atoms with Crippen LogP contribution in [-0.2, 0) is 19.1 Å². The molecule has 2 atom stereocenters. The normalized spacial score (nSPS) is 12.4. The number of hydrogen-bond acceptors (Lipinski definition) is 4. The van der Waals surface area contributed by atoms with E-state index in [9.17, 15) is 9.59 Å². The maximum Gasteiger partial charge on any atom is -0.147 e. The summed E-state index contributed by atoms with van der Waals surface area (Å²) in [6.45, 7) is 8.85. The monoisotopic (exact) mass is 450 g/mol. The van der Waals surface area contributed by atoms with E-state index in [0.717, 1.165) is 25.7 Å². The number of unbranched alkanes of at least 4 members (excludes halogenated alkanes) is 2. The SMILES string of the molecule is CCCCOC(=O)[CH](C)[Sn][CH](C)C(=O)OCCCC.Cl.Cl. The van der Waals surface area contributed by atoms with Crippen molar-refractivity contribution < 1.29 is 19.1 Å². The molecular formula is C14H28Cl2O4Sn. The van der Waals surface area contributed by atoms with Crippen LogP contribution in [0.3, 0.4) is 0 Å². The molecule has 0 heterocycles. The van der Waals surface area contributed by atoms with Crippen molar-refractivity contribution >= 4 is 57.9 Å². The van der Waals surface area contributed by atoms with Crippen LogP contribution < -0.4 is 0 Å². The van der Waals surface area contributed by atoms with Gasteiger partial charge in [0.15, 0.2) is 0 Å². The van der Waals surface area contributed by atoms with Crippen LogP contribution in [0.15, 0.2) is 0 Å². The maximum absolute atomic E-state index is 11.7. The van der Waals surface area contributed by atoms with Gasteiger partial charge in [-0.2, -0.15) is 0 Å². The fourth-order valence-corrected chi connectivity index (χ4v) is 4.79. The average molecular weight is 450 g/mol. The Hall–Kier alpha value is 0.319. The molecule has 0 aromatic heterocycles. The first kappa shape index (κ1) is 26.2. The molecule has 4 nitrogen and oxygen atoms in total. The Bertz CT molecular complexity index is 252. The summed E-state index contributed by atoms with van der Waals surface area (Å²) in [7, 11) is 0. The quantitative estimate of drug-likeness (QED) is 0.289. The van der Waals surface area contributed by atoms with Gasteiger partial charge in [-0.15, -0.1) is 24.8 Å². The van der Waals surface area contributed by atoms with Gasteiger partial charge in [-0.25, -0.2) is 0 Å². The molecule has 0 aliphatic rings. The molecule has 0 saturated heterocycles. The number of rotatable bonds is 10. The molecule has 0 rings (SSSR count). The van der Waals surface area contributed by atoms with Gasteiger partial charge in [-0.1, -0.05) is 0 Å². The minimum absolute atomic E-state index is 0. The minimum atomic E-state index is -1.15. The molecule has 0 N–H and O–H groups in total. The van der Waals surface area contributed by atoms with Crippen molar-refractivity contribution in [1.82, 2.24) is 0 Å². The molecular weight excluding hydrogens is 422 g/mol. The summed E-state index contributed by atoms with van der Waals surface area (Å²) in [5.41, 5.74) is 0. The van der Waals surface area contributed by atoms with Crippen LogP contribution >= 0.6 is 24.8 Å². The molecule has 0 bridgehead atoms. The number of esters is 2. The van der Waals surface area contributed by atoms with Gasteiger partial charge in [-0.3, -0.25) is 0 Å². The minimum Gasteiger partial charge on any atom is -0.147 e. The van der Waals surface area contributed by atoms with Crippen molar-refractivity contribution in [3.63, 3.8) is 0 Å². The van der Waals surface area contributed by atoms with E-state index in [1.54, 1.807) is 0 Å². The first-order valence-corrected chi connectivity index (χ1v) is 10.4. The van der Waals surface area contributed by atoms with Gasteiger partial charge in [0.25, 0.3) is 0 Å². The predicted octanol–water partition coefficient (Wildman–Crippen LogP) is 3.84. The van der Waals surface area contributed by atoms with Crippen molar-refractivity contribution in [2.24, 2.45) is 0 Å². The third-order valence-electron chi connectivity index (χ3n) is 2.69. The van der Waals surface area contributed by atoms with Gasteiger partial charge in [-0.05, 0) is 0 Å². The van der Waals surface area contributed by atoms with Crippen LogP contribution in [0.4, 0.5) is 0 Å². The van der Waals surface area contributed by atoms with Gasteiger partial charge in [0.05, 0.1) is 0 Å². The van der Waals surface area contributed by atoms with E-state index in [1.165, 1.54) is 0 Å². The van der Waals surface area contributed by atoms with Crippen LogP contribution in [0.5, 0.6) is 0 Å². The summed E-state index contributed by atoms with van der Waals surface area (Å²) in [5.74, 6) is -0.290. The number of carbonyl (C=O) groups excluding carboxylic acids is 2. The molecule has 126 valence electrons. The fraction of sp³-hybridized carbons (Fsp3) is 0.857. The topological polar surface area (TPSA) is 52.6 Å². The van der Waals surface area contributed by atoms with Crippen LogP contribution in [0, 0.1) is 0 Å². The van der Waals surface area contributed by atoms with E-state index in [4.69, 9.17) is 9.47 Å². The Kier molecular flexibility index (Phi) is 20.8. The van der Waals surface area contributed by atoms with E-state index in [2.05, 4.69) is 13.8 Å². The third kappa shape index (κ3) is 13.7. The Morgan fingerprint density at radius 1 is 0.857 bits per heavy atom. The Labute approximate surface area is 151 Å². The Morgan fingerprint density at radius 3 is 1.48 bits per heavy atom. The second-order valence-corrected chi connectivity index (χ2v) is 10.5. The van der Waals surface area contributed by atoms with Crippen LogP contribution in [-0.4, -0.2) is 46.3 Å². The van der Waals surface area contributed by atoms with Gasteiger partial charge < -0.3 is 0 Å². The largest absolute Gasteiger partial charge is 0.147 e. The summed E-state index contributed by atoms with van der Waals surface area (Å²) in [6, 6.07) is 0. The molecule has 0 aromatic rings. The van der Waals surface area contributed by atoms with E-state index in [1.807, 2.05) is 13.8 Å². The van der Waals surface area contributed by atoms with Crippen LogP contribution in [0.1, 0.15) is 53.4 Å². The van der Waals surface area contributed by atoms with Crippen molar-refractivity contribution in [1.29, 1.82) is 0 Å². The van der Waals surface area contributed by atoms with Crippen molar-refractivity contribution in [2.75, 3.05) is 13.2 Å². The molecule has 0 aromatic carbocycles. The van der Waals surface area contributed by atoms with Crippen molar-refractivity contribution in [3.8, 4) is 0 Å². The average Bonchev–Trinajstić information content (AvgIpc) is 2.38. The summed E-state index contributed by atoms with van der Waals surface area (Å²) in [4.78, 5) is 23.4. The third-order valence-corrected chi connectivity index (χ3v) is 6.89. The molecule has 7 heteroatoms. The van der Waals surface area contributed by atoms with E-state index < -0.39 is 21.1 Å². The molecule has 21 heavy (non-hydrogen) atoms. The standard InChI is InChI=1S/2C7H13O2.2ClH.Sn/c2*1-3-5-6-9-7(8)4-2;;;/h2*4H,3,5-6H2,1-2H3;2*1H;. The molecule has 0 saturated carbocycles. The van der Waals surface area contributed by atoms with Gasteiger partial charge in [0.2, 0.25) is 0 Å². The summed E-state index contributed by atoms with van der Waals surface area (Å²) in [5, 5.41) is 0. The second-order valence-electron chi connectivity index (χ2n) is 4.65. The van der Waals surface area contributed by atoms with Crippen molar-refractivity contribution in [2.45, 2.75) is 61.2 Å². The zero-order valence-corrected chi connectivity index (χ0v) is 17.8. The molecule has 0 aliphatic carbocycles. The van der Waals surface area contributed by atoms with Gasteiger partial charge in [0.1, 0.15) is 0 Å². The smallest absolute Gasteiger partial charge is 0.147 e. The predicted molar refractivity (Wildman–Crippen MR) is 90.8 cm³/mol. The second kappa shape index (κ2) is 16.7. The number of halogens is 2. The number of hydrogen-bond donors (Lipinski definition) is 0. The van der Waals surface area contributed by atoms with E-state index in [-0.39, 0.29) is 44.6 Å². The molecule has 2 unspecified atom stereocenters. The summed E-state index contributed by atoms with van der Waals surface area (Å²) >= 11 is -1.15. The molecule has 2 radical (unpaired) electrons. The maximum atomic E-state index is 11.7. The zero-order valence-electron chi connectivity index (χ0n) is 13.3. The molecule has 0 spiro atoms. The first-order valence-electron chi connectivity index (χ1n) is 7.12. The zero-order chi connectivity index (χ0) is 14.7. The Balaban J connectivity index is -0.00000162. The van der Waals surface area contributed by atoms with Crippen LogP contribution in [0.25, 0.3) is 0 Å².